The zero-order valence-corrected chi connectivity index (χ0v) is 15.9. The number of halogens is 1. The van der Waals surface area contributed by atoms with Gasteiger partial charge in [0.1, 0.15) is 0 Å². The van der Waals surface area contributed by atoms with Crippen LogP contribution in [0.5, 0.6) is 0 Å². The van der Waals surface area contributed by atoms with Gasteiger partial charge < -0.3 is 10.0 Å². The fraction of sp³-hybridized carbons (Fsp3) is 0.222. The van der Waals surface area contributed by atoms with E-state index in [0.717, 1.165) is 5.56 Å². The Morgan fingerprint density at radius 1 is 1.22 bits per heavy atom. The molecule has 1 heterocycles. The Bertz CT molecular complexity index is 1000. The molecule has 1 atom stereocenters. The first-order valence-corrected chi connectivity index (χ1v) is 9.96. The van der Waals surface area contributed by atoms with Gasteiger partial charge in [-0.1, -0.05) is 17.7 Å². The summed E-state index contributed by atoms with van der Waals surface area (Å²) in [6, 6.07) is 10.6. The highest BCUT2D eigenvalue weighted by atomic mass is 35.5. The van der Waals surface area contributed by atoms with E-state index in [1.165, 1.54) is 35.2 Å². The second kappa shape index (κ2) is 7.21. The molecular formula is C18H17ClN2O5S. The van der Waals surface area contributed by atoms with E-state index in [9.17, 15) is 18.0 Å². The number of nitrogens with one attached hydrogen (secondary N) is 1. The zero-order chi connectivity index (χ0) is 19.8. The van der Waals surface area contributed by atoms with Crippen molar-refractivity contribution in [3.05, 3.63) is 53.1 Å². The van der Waals surface area contributed by atoms with Crippen LogP contribution >= 0.6 is 11.6 Å². The van der Waals surface area contributed by atoms with Crippen LogP contribution in [0.25, 0.3) is 0 Å². The van der Waals surface area contributed by atoms with Crippen LogP contribution in [-0.2, 0) is 19.6 Å². The number of carbonyl (C=O) groups is 2. The molecule has 0 aromatic heterocycles. The van der Waals surface area contributed by atoms with Gasteiger partial charge in [-0.05, 0) is 48.9 Å². The molecule has 1 aliphatic rings. The molecule has 27 heavy (non-hydrogen) atoms. The largest absolute Gasteiger partial charge is 0.481 e. The molecule has 2 N–H and O–H groups in total. The third kappa shape index (κ3) is 4.06. The standard InChI is InChI=1S/C18H17ClN2O5S/c1-11-2-3-13(9-16(11)19)20-27(25,26)15-6-4-14(5-7-15)21-10-12(18(23)24)8-17(21)22/h2-7,9,12,20H,8,10H2,1H3,(H,23,24)/t12-/m1/s1. The molecule has 2 aromatic rings. The molecule has 0 aliphatic carbocycles. The van der Waals surface area contributed by atoms with Crippen molar-refractivity contribution in [2.24, 2.45) is 5.92 Å². The summed E-state index contributed by atoms with van der Waals surface area (Å²) in [7, 11) is -3.83. The van der Waals surface area contributed by atoms with Crippen LogP contribution in [0, 0.1) is 12.8 Å². The number of hydrogen-bond acceptors (Lipinski definition) is 4. The molecule has 1 aliphatic heterocycles. The quantitative estimate of drug-likeness (QED) is 0.791. The number of aryl methyl sites for hydroxylation is 1. The molecule has 9 heteroatoms. The van der Waals surface area contributed by atoms with Gasteiger partial charge in [-0.15, -0.1) is 0 Å². The third-order valence-corrected chi connectivity index (χ3v) is 6.16. The smallest absolute Gasteiger partial charge is 0.308 e. The Hall–Kier alpha value is -2.58. The van der Waals surface area contributed by atoms with Gasteiger partial charge in [-0.25, -0.2) is 8.42 Å². The fourth-order valence-corrected chi connectivity index (χ4v) is 4.03. The van der Waals surface area contributed by atoms with E-state index in [1.54, 1.807) is 12.1 Å². The summed E-state index contributed by atoms with van der Waals surface area (Å²) in [5.74, 6) is -2.08. The van der Waals surface area contributed by atoms with Gasteiger partial charge in [0, 0.05) is 23.7 Å². The SMILES string of the molecule is Cc1ccc(NS(=O)(=O)c2ccc(N3C[C@H](C(=O)O)CC3=O)cc2)cc1Cl. The van der Waals surface area contributed by atoms with Crippen LogP contribution in [0.2, 0.25) is 5.02 Å². The minimum Gasteiger partial charge on any atom is -0.481 e. The third-order valence-electron chi connectivity index (χ3n) is 4.36. The maximum Gasteiger partial charge on any atom is 0.308 e. The highest BCUT2D eigenvalue weighted by Gasteiger charge is 2.35. The summed E-state index contributed by atoms with van der Waals surface area (Å²) < 4.78 is 27.5. The first-order chi connectivity index (χ1) is 12.7. The second-order valence-corrected chi connectivity index (χ2v) is 8.40. The summed E-state index contributed by atoms with van der Waals surface area (Å²) >= 11 is 6.02. The fourth-order valence-electron chi connectivity index (χ4n) is 2.80. The van der Waals surface area contributed by atoms with E-state index in [-0.39, 0.29) is 23.8 Å². The number of hydrogen-bond donors (Lipinski definition) is 2. The number of aliphatic carboxylic acids is 1. The van der Waals surface area contributed by atoms with Gasteiger partial charge in [-0.2, -0.15) is 0 Å². The predicted octanol–water partition coefficient (Wildman–Crippen LogP) is 2.89. The Morgan fingerprint density at radius 2 is 1.89 bits per heavy atom. The van der Waals surface area contributed by atoms with Crippen LogP contribution in [-0.4, -0.2) is 31.9 Å². The highest BCUT2D eigenvalue weighted by molar-refractivity contribution is 7.92. The van der Waals surface area contributed by atoms with Crippen molar-refractivity contribution in [3.8, 4) is 0 Å². The minimum atomic E-state index is -3.83. The Balaban J connectivity index is 1.79. The van der Waals surface area contributed by atoms with Crippen molar-refractivity contribution < 1.29 is 23.1 Å². The van der Waals surface area contributed by atoms with Crippen LogP contribution in [0.1, 0.15) is 12.0 Å². The maximum atomic E-state index is 12.5. The van der Waals surface area contributed by atoms with Crippen molar-refractivity contribution in [3.63, 3.8) is 0 Å². The van der Waals surface area contributed by atoms with Gasteiger partial charge in [0.05, 0.1) is 16.5 Å². The van der Waals surface area contributed by atoms with Gasteiger partial charge in [-0.3, -0.25) is 14.3 Å². The number of rotatable bonds is 5. The van der Waals surface area contributed by atoms with Crippen LogP contribution in [0.15, 0.2) is 47.4 Å². The van der Waals surface area contributed by atoms with E-state index in [1.807, 2.05) is 6.92 Å². The Morgan fingerprint density at radius 3 is 2.44 bits per heavy atom. The lowest BCUT2D eigenvalue weighted by Gasteiger charge is -2.17. The average molecular weight is 409 g/mol. The summed E-state index contributed by atoms with van der Waals surface area (Å²) in [6.07, 6.45) is -0.0644. The van der Waals surface area contributed by atoms with Gasteiger partial charge in [0.15, 0.2) is 0 Å². The van der Waals surface area contributed by atoms with Gasteiger partial charge >= 0.3 is 5.97 Å². The van der Waals surface area contributed by atoms with E-state index in [2.05, 4.69) is 4.72 Å². The number of benzene rings is 2. The van der Waals surface area contributed by atoms with E-state index >= 15 is 0 Å². The summed E-state index contributed by atoms with van der Waals surface area (Å²) in [6.45, 7) is 1.88. The van der Waals surface area contributed by atoms with E-state index in [4.69, 9.17) is 16.7 Å². The molecule has 0 radical (unpaired) electrons. The Labute approximate surface area is 161 Å². The van der Waals surface area contributed by atoms with Crippen LogP contribution in [0.3, 0.4) is 0 Å². The first-order valence-electron chi connectivity index (χ1n) is 8.09. The lowest BCUT2D eigenvalue weighted by Crippen LogP contribution is -2.25. The number of sulfonamides is 1. The molecule has 2 aromatic carbocycles. The minimum absolute atomic E-state index is 0.0179. The lowest BCUT2D eigenvalue weighted by molar-refractivity contribution is -0.141. The normalized spacial score (nSPS) is 17.2. The van der Waals surface area contributed by atoms with Gasteiger partial charge in [0.2, 0.25) is 5.91 Å². The zero-order valence-electron chi connectivity index (χ0n) is 14.3. The summed E-state index contributed by atoms with van der Waals surface area (Å²) in [5, 5.41) is 9.50. The average Bonchev–Trinajstić information content (AvgIpc) is 3.00. The Kier molecular flexibility index (Phi) is 5.12. The molecule has 0 unspecified atom stereocenters. The van der Waals surface area contributed by atoms with Crippen molar-refractivity contribution in [1.29, 1.82) is 0 Å². The molecule has 1 fully saturated rings. The maximum absolute atomic E-state index is 12.5. The summed E-state index contributed by atoms with van der Waals surface area (Å²) in [4.78, 5) is 24.4. The van der Waals surface area contributed by atoms with Crippen molar-refractivity contribution in [1.82, 2.24) is 0 Å². The van der Waals surface area contributed by atoms with Crippen molar-refractivity contribution >= 4 is 44.9 Å². The molecule has 3 rings (SSSR count). The highest BCUT2D eigenvalue weighted by Crippen LogP contribution is 2.27. The number of carbonyl (C=O) groups excluding carboxylic acids is 1. The lowest BCUT2D eigenvalue weighted by atomic mass is 10.1. The molecule has 1 amide bonds. The molecular weight excluding hydrogens is 392 g/mol. The van der Waals surface area contributed by atoms with Gasteiger partial charge in [0.25, 0.3) is 10.0 Å². The van der Waals surface area contributed by atoms with Crippen LogP contribution < -0.4 is 9.62 Å². The molecule has 0 bridgehead atoms. The van der Waals surface area contributed by atoms with E-state index in [0.29, 0.717) is 16.4 Å². The van der Waals surface area contributed by atoms with Crippen molar-refractivity contribution in [2.45, 2.75) is 18.2 Å². The number of nitrogens with zero attached hydrogens (tertiary/aromatic N) is 1. The molecule has 1 saturated heterocycles. The molecule has 142 valence electrons. The number of anilines is 2. The number of carboxylic acids is 1. The number of carboxylic acid groups (broad SMARTS) is 1. The molecule has 7 nitrogen and oxygen atoms in total. The first kappa shape index (κ1) is 19.2. The molecule has 0 spiro atoms. The summed E-state index contributed by atoms with van der Waals surface area (Å²) in [5.41, 5.74) is 1.63. The topological polar surface area (TPSA) is 104 Å². The van der Waals surface area contributed by atoms with Crippen molar-refractivity contribution in [2.75, 3.05) is 16.2 Å². The van der Waals surface area contributed by atoms with E-state index < -0.39 is 21.9 Å². The predicted molar refractivity (Wildman–Crippen MR) is 102 cm³/mol. The molecule has 0 saturated carbocycles. The monoisotopic (exact) mass is 408 g/mol. The van der Waals surface area contributed by atoms with Crippen LogP contribution in [0.4, 0.5) is 11.4 Å². The second-order valence-electron chi connectivity index (χ2n) is 6.31. The number of amides is 1.